The number of allylic oxidation sites excluding steroid dienone is 19. The molecule has 0 aromatic carbocycles. The highest BCUT2D eigenvalue weighted by Crippen LogP contribution is 2.43. The molecule has 1 amide bonds. The van der Waals surface area contributed by atoms with Crippen molar-refractivity contribution in [3.05, 3.63) is 122 Å². The maximum absolute atomic E-state index is 13.5. The van der Waals surface area contributed by atoms with E-state index in [0.717, 1.165) is 103 Å². The van der Waals surface area contributed by atoms with Gasteiger partial charge in [-0.15, -0.1) is 0 Å². The summed E-state index contributed by atoms with van der Waals surface area (Å²) < 4.78 is 30.6. The number of nitrogens with one attached hydrogen (secondary N) is 1. The number of quaternary nitrogens is 1. The fourth-order valence-corrected chi connectivity index (χ4v) is 9.23. The van der Waals surface area contributed by atoms with E-state index in [2.05, 4.69) is 129 Å². The van der Waals surface area contributed by atoms with Gasteiger partial charge in [0, 0.05) is 12.8 Å². The highest BCUT2D eigenvalue weighted by molar-refractivity contribution is 7.47. The third kappa shape index (κ3) is 58.9. The van der Waals surface area contributed by atoms with Gasteiger partial charge in [-0.2, -0.15) is 0 Å². The van der Waals surface area contributed by atoms with Crippen molar-refractivity contribution in [3.8, 4) is 0 Å². The minimum absolute atomic E-state index is 0.0199. The minimum Gasteiger partial charge on any atom is -0.456 e. The van der Waals surface area contributed by atoms with Crippen LogP contribution in [0.3, 0.4) is 0 Å². The summed E-state index contributed by atoms with van der Waals surface area (Å²) in [5.41, 5.74) is 0. The first kappa shape index (κ1) is 75.4. The van der Waals surface area contributed by atoms with Gasteiger partial charge in [0.05, 0.1) is 33.8 Å². The Bertz CT molecular complexity index is 1770. The quantitative estimate of drug-likeness (QED) is 0.0205. The first-order valence-corrected chi connectivity index (χ1v) is 33.4. The number of ether oxygens (including phenoxy) is 1. The summed E-state index contributed by atoms with van der Waals surface area (Å²) in [6.07, 6.45) is 80.8. The molecular formula is C69H120N2O7P+. The summed E-state index contributed by atoms with van der Waals surface area (Å²) in [6.45, 7) is 6.79. The van der Waals surface area contributed by atoms with E-state index in [0.29, 0.717) is 17.4 Å². The summed E-state index contributed by atoms with van der Waals surface area (Å²) in [5.74, 6) is -0.615. The second-order valence-corrected chi connectivity index (χ2v) is 23.6. The lowest BCUT2D eigenvalue weighted by Crippen LogP contribution is -2.47. The van der Waals surface area contributed by atoms with Crippen LogP contribution >= 0.6 is 7.82 Å². The number of rotatable bonds is 56. The number of unbranched alkanes of at least 4 members (excludes halogenated alkanes) is 22. The van der Waals surface area contributed by atoms with Crippen LogP contribution in [0.2, 0.25) is 0 Å². The van der Waals surface area contributed by atoms with E-state index in [1.807, 2.05) is 39.4 Å². The second-order valence-electron chi connectivity index (χ2n) is 22.2. The number of hydrogen-bond acceptors (Lipinski definition) is 6. The van der Waals surface area contributed by atoms with Crippen LogP contribution in [-0.2, 0) is 27.9 Å². The van der Waals surface area contributed by atoms with Gasteiger partial charge in [0.25, 0.3) is 0 Å². The summed E-state index contributed by atoms with van der Waals surface area (Å²) in [4.78, 5) is 37.7. The number of phosphoric ester groups is 1. The van der Waals surface area contributed by atoms with E-state index in [4.69, 9.17) is 13.8 Å². The monoisotopic (exact) mass is 1120 g/mol. The van der Waals surface area contributed by atoms with Gasteiger partial charge < -0.3 is 19.4 Å². The lowest BCUT2D eigenvalue weighted by Gasteiger charge is -2.27. The van der Waals surface area contributed by atoms with E-state index < -0.39 is 20.0 Å². The number of carbonyl (C=O) groups excluding carboxylic acids is 2. The molecule has 0 rings (SSSR count). The van der Waals surface area contributed by atoms with Crippen molar-refractivity contribution in [2.45, 2.75) is 264 Å². The van der Waals surface area contributed by atoms with Crippen LogP contribution in [0.5, 0.6) is 0 Å². The highest BCUT2D eigenvalue weighted by Gasteiger charge is 2.30. The van der Waals surface area contributed by atoms with E-state index >= 15 is 0 Å². The molecule has 0 aliphatic rings. The van der Waals surface area contributed by atoms with E-state index in [1.165, 1.54) is 109 Å². The van der Waals surface area contributed by atoms with Gasteiger partial charge in [-0.1, -0.05) is 252 Å². The number of amides is 1. The van der Waals surface area contributed by atoms with Crippen LogP contribution in [0.4, 0.5) is 0 Å². The fraction of sp³-hybridized carbons (Fsp3) is 0.681. The van der Waals surface area contributed by atoms with E-state index in [9.17, 15) is 19.0 Å². The molecule has 79 heavy (non-hydrogen) atoms. The van der Waals surface area contributed by atoms with Crippen molar-refractivity contribution >= 4 is 19.7 Å². The average molecular weight is 1120 g/mol. The summed E-state index contributed by atoms with van der Waals surface area (Å²) >= 11 is 0. The largest absolute Gasteiger partial charge is 0.472 e. The maximum atomic E-state index is 13.5. The number of carbonyl (C=O) groups is 2. The molecule has 0 spiro atoms. The van der Waals surface area contributed by atoms with Gasteiger partial charge in [0.1, 0.15) is 19.3 Å². The predicted molar refractivity (Wildman–Crippen MR) is 341 cm³/mol. The first-order chi connectivity index (χ1) is 38.4. The van der Waals surface area contributed by atoms with Gasteiger partial charge in [0.2, 0.25) is 5.91 Å². The van der Waals surface area contributed by atoms with Crippen molar-refractivity contribution in [3.63, 3.8) is 0 Å². The molecule has 2 N–H and O–H groups in total. The van der Waals surface area contributed by atoms with Gasteiger partial charge in [-0.3, -0.25) is 18.6 Å². The molecule has 0 saturated heterocycles. The summed E-state index contributed by atoms with van der Waals surface area (Å²) in [7, 11) is 1.43. The van der Waals surface area contributed by atoms with Crippen molar-refractivity contribution in [1.82, 2.24) is 5.32 Å². The third-order valence-electron chi connectivity index (χ3n) is 13.4. The van der Waals surface area contributed by atoms with Crippen LogP contribution in [0.25, 0.3) is 0 Å². The topological polar surface area (TPSA) is 111 Å². The third-order valence-corrected chi connectivity index (χ3v) is 14.4. The number of likely N-dealkylation sites (N-methyl/N-ethyl adjacent to an activating group) is 1. The Morgan fingerprint density at radius 1 is 0.456 bits per heavy atom. The molecule has 3 atom stereocenters. The maximum Gasteiger partial charge on any atom is 0.472 e. The molecule has 0 aliphatic carbocycles. The Morgan fingerprint density at radius 3 is 1.27 bits per heavy atom. The highest BCUT2D eigenvalue weighted by atomic mass is 31.2. The Balaban J connectivity index is 5.27. The lowest BCUT2D eigenvalue weighted by atomic mass is 10.0. The number of hydrogen-bond donors (Lipinski definition) is 2. The van der Waals surface area contributed by atoms with Crippen molar-refractivity contribution < 1.29 is 37.3 Å². The minimum atomic E-state index is -4.48. The van der Waals surface area contributed by atoms with Crippen molar-refractivity contribution in [2.75, 3.05) is 40.9 Å². The van der Waals surface area contributed by atoms with Gasteiger partial charge in [-0.25, -0.2) is 4.57 Å². The van der Waals surface area contributed by atoms with Gasteiger partial charge in [0.15, 0.2) is 0 Å². The molecule has 0 aromatic rings. The SMILES string of the molecule is CC/C=C/C/C=C/C/C=C/C/C=C/C/C=C/CCC(=O)NC(COP(=O)(O)OCC[N+](C)(C)C)C(/C=C\CCCCCCCCCCCC)OC(=O)CCCCCCCCCCC/C=C\C/C=C\C/C=C\C/C=C\CCCCC. The molecular weight excluding hydrogens is 1000 g/mol. The van der Waals surface area contributed by atoms with Gasteiger partial charge >= 0.3 is 13.8 Å². The molecule has 10 heteroatoms. The second kappa shape index (κ2) is 57.6. The van der Waals surface area contributed by atoms with Crippen LogP contribution in [0, 0.1) is 0 Å². The number of phosphoric acid groups is 1. The summed E-state index contributed by atoms with van der Waals surface area (Å²) in [6, 6.07) is -0.898. The molecule has 0 fully saturated rings. The van der Waals surface area contributed by atoms with Crippen LogP contribution in [0.1, 0.15) is 252 Å². The zero-order chi connectivity index (χ0) is 57.9. The number of esters is 1. The van der Waals surface area contributed by atoms with Crippen LogP contribution in [0.15, 0.2) is 122 Å². The molecule has 0 aliphatic heterocycles. The zero-order valence-corrected chi connectivity index (χ0v) is 52.5. The van der Waals surface area contributed by atoms with Gasteiger partial charge in [-0.05, 0) is 109 Å². The normalized spacial score (nSPS) is 14.5. The van der Waals surface area contributed by atoms with E-state index in [1.54, 1.807) is 0 Å². The molecule has 0 saturated carbocycles. The Morgan fingerprint density at radius 2 is 0.823 bits per heavy atom. The van der Waals surface area contributed by atoms with E-state index in [-0.39, 0.29) is 37.9 Å². The Kier molecular flexibility index (Phi) is 55.0. The fourth-order valence-electron chi connectivity index (χ4n) is 8.50. The number of nitrogens with zero attached hydrogens (tertiary/aromatic N) is 1. The molecule has 3 unspecified atom stereocenters. The molecule has 0 aromatic heterocycles. The molecule has 9 nitrogen and oxygen atoms in total. The van der Waals surface area contributed by atoms with Crippen molar-refractivity contribution in [1.29, 1.82) is 0 Å². The first-order valence-electron chi connectivity index (χ1n) is 31.9. The molecule has 0 heterocycles. The molecule has 0 bridgehead atoms. The van der Waals surface area contributed by atoms with Crippen LogP contribution < -0.4 is 5.32 Å². The summed E-state index contributed by atoms with van der Waals surface area (Å²) in [5, 5.41) is 3.00. The average Bonchev–Trinajstić information content (AvgIpc) is 3.41. The molecule has 0 radical (unpaired) electrons. The standard InChI is InChI=1S/C69H119N2O7P/c1-7-10-13-16-19-22-25-28-30-32-33-34-35-36-37-38-39-40-42-44-47-50-53-56-59-62-69(73)78-67(60-57-54-51-48-45-27-24-21-18-15-12-9-3)66(65-77-79(74,75)76-64-63-71(4,5)6)70-68(72)61-58-55-52-49-46-43-41-31-29-26-23-20-17-14-11-8-2/h11,14,19-20,22-23,28-31,33-34,36-37,43,46,52,55,57,60,66-67H,7-10,12-13,15-18,21,24-27,32,35,38-42,44-45,47-51,53-54,56,58-59,61-65H2,1-6H3,(H-,70,72,74,75)/p+1/b14-11+,22-19-,23-20+,30-28-,31-29+,34-33-,37-36-,46-43+,55-52+,60-57-. The predicted octanol–water partition coefficient (Wildman–Crippen LogP) is 19.9. The Hall–Kier alpha value is -3.59. The van der Waals surface area contributed by atoms with Crippen LogP contribution in [-0.4, -0.2) is 74.3 Å². The molecule has 452 valence electrons. The smallest absolute Gasteiger partial charge is 0.456 e. The Labute approximate surface area is 486 Å². The lowest BCUT2D eigenvalue weighted by molar-refractivity contribution is -0.870. The van der Waals surface area contributed by atoms with Crippen molar-refractivity contribution in [2.24, 2.45) is 0 Å². The zero-order valence-electron chi connectivity index (χ0n) is 51.6.